The molecule has 200 valence electrons. The molecule has 3 aliphatic rings. The molecule has 3 fully saturated rings. The van der Waals surface area contributed by atoms with Gasteiger partial charge in [0.2, 0.25) is 5.92 Å². The molecular formula is C23H31F2N3O8. The van der Waals surface area contributed by atoms with Crippen molar-refractivity contribution in [3.63, 3.8) is 0 Å². The molecule has 13 heteroatoms. The Morgan fingerprint density at radius 2 is 1.61 bits per heavy atom. The number of hydrogen-bond donors (Lipinski definition) is 8. The Kier molecular flexibility index (Phi) is 8.62. The van der Waals surface area contributed by atoms with Gasteiger partial charge in [-0.05, 0) is 36.9 Å². The van der Waals surface area contributed by atoms with Gasteiger partial charge < -0.3 is 36.2 Å². The molecule has 0 spiro atoms. The van der Waals surface area contributed by atoms with Crippen molar-refractivity contribution in [2.45, 2.75) is 49.0 Å². The van der Waals surface area contributed by atoms with Gasteiger partial charge in [0.25, 0.3) is 5.91 Å². The third-order valence-electron chi connectivity index (χ3n) is 7.04. The van der Waals surface area contributed by atoms with Crippen LogP contribution in [0.3, 0.4) is 0 Å². The molecular weight excluding hydrogens is 484 g/mol. The van der Waals surface area contributed by atoms with E-state index in [1.54, 1.807) is 30.3 Å². The predicted octanol–water partition coefficient (Wildman–Crippen LogP) is -0.932. The highest BCUT2D eigenvalue weighted by atomic mass is 19.3. The number of nitrogens with one attached hydrogen (secondary N) is 3. The van der Waals surface area contributed by atoms with Crippen LogP contribution in [-0.2, 0) is 20.0 Å². The molecule has 6 atom stereocenters. The Morgan fingerprint density at radius 3 is 2.08 bits per heavy atom. The van der Waals surface area contributed by atoms with Crippen molar-refractivity contribution < 1.29 is 48.7 Å². The smallest absolute Gasteiger partial charge is 0.335 e. The highest BCUT2D eigenvalue weighted by Crippen LogP contribution is 2.47. The molecule has 2 aliphatic carbocycles. The standard InChI is InChI=1S/C19H25F2N3O2.C4H6O6/c20-18(21)7-6-13(8-18)19(26,12-4-2-1-3-5-12)17(25)24-11-23-16-14-9-22-10-15(14)16;5-1(3(7)8)2(6)4(9)10/h1-5,13-16,22-23,26H,6-11H2,(H,24,25);1-2,5-6H,(H,7,8)(H,9,10). The van der Waals surface area contributed by atoms with Crippen LogP contribution >= 0.6 is 0 Å². The summed E-state index contributed by atoms with van der Waals surface area (Å²) in [5.41, 5.74) is -1.57. The minimum absolute atomic E-state index is 0.123. The van der Waals surface area contributed by atoms with E-state index in [1.165, 1.54) is 0 Å². The number of hydrogen-bond acceptors (Lipinski definition) is 8. The summed E-state index contributed by atoms with van der Waals surface area (Å²) in [7, 11) is 0. The van der Waals surface area contributed by atoms with Crippen LogP contribution in [0, 0.1) is 17.8 Å². The lowest BCUT2D eigenvalue weighted by Crippen LogP contribution is -2.51. The molecule has 11 nitrogen and oxygen atoms in total. The Labute approximate surface area is 205 Å². The molecule has 2 saturated carbocycles. The second-order valence-electron chi connectivity index (χ2n) is 9.39. The third-order valence-corrected chi connectivity index (χ3v) is 7.04. The Morgan fingerprint density at radius 1 is 1.06 bits per heavy atom. The molecule has 1 amide bonds. The fourth-order valence-electron chi connectivity index (χ4n) is 4.93. The van der Waals surface area contributed by atoms with E-state index in [1.807, 2.05) is 0 Å². The zero-order valence-corrected chi connectivity index (χ0v) is 19.3. The van der Waals surface area contributed by atoms with E-state index in [-0.39, 0.29) is 19.5 Å². The minimum Gasteiger partial charge on any atom is -0.479 e. The summed E-state index contributed by atoms with van der Waals surface area (Å²) >= 11 is 0. The molecule has 8 N–H and O–H groups in total. The number of carboxylic acids is 2. The second kappa shape index (κ2) is 11.1. The van der Waals surface area contributed by atoms with E-state index in [0.717, 1.165) is 13.1 Å². The summed E-state index contributed by atoms with van der Waals surface area (Å²) in [6, 6.07) is 8.82. The second-order valence-corrected chi connectivity index (χ2v) is 9.39. The SMILES string of the molecule is O=C(NCNC1C2CNCC21)C(O)(c1ccccc1)C1CCC(F)(F)C1.O=C(O)C(O)C(O)C(=O)O. The van der Waals surface area contributed by atoms with Crippen molar-refractivity contribution in [3.05, 3.63) is 35.9 Å². The van der Waals surface area contributed by atoms with Gasteiger partial charge in [0.15, 0.2) is 17.8 Å². The number of amides is 1. The highest BCUT2D eigenvalue weighted by Gasteiger charge is 2.54. The topological polar surface area (TPSA) is 188 Å². The van der Waals surface area contributed by atoms with Gasteiger partial charge in [-0.1, -0.05) is 30.3 Å². The first-order chi connectivity index (χ1) is 16.9. The van der Waals surface area contributed by atoms with Gasteiger partial charge in [-0.15, -0.1) is 0 Å². The van der Waals surface area contributed by atoms with E-state index >= 15 is 0 Å². The number of fused-ring (bicyclic) bond motifs is 1. The first-order valence-corrected chi connectivity index (χ1v) is 11.6. The van der Waals surface area contributed by atoms with Crippen LogP contribution in [0.2, 0.25) is 0 Å². The molecule has 0 radical (unpaired) electrons. The first-order valence-electron chi connectivity index (χ1n) is 11.6. The van der Waals surface area contributed by atoms with Crippen molar-refractivity contribution in [1.82, 2.24) is 16.0 Å². The molecule has 1 aromatic carbocycles. The summed E-state index contributed by atoms with van der Waals surface area (Å²) < 4.78 is 27.5. The van der Waals surface area contributed by atoms with E-state index in [2.05, 4.69) is 16.0 Å². The lowest BCUT2D eigenvalue weighted by atomic mass is 9.79. The fraction of sp³-hybridized carbons (Fsp3) is 0.609. The number of aliphatic hydroxyl groups is 3. The quantitative estimate of drug-likeness (QED) is 0.191. The number of carbonyl (C=O) groups excluding carboxylic acids is 1. The van der Waals surface area contributed by atoms with Crippen LogP contribution in [0.25, 0.3) is 0 Å². The van der Waals surface area contributed by atoms with Gasteiger partial charge in [0.05, 0.1) is 6.67 Å². The maximum absolute atomic E-state index is 13.7. The number of aliphatic carboxylic acids is 2. The van der Waals surface area contributed by atoms with Crippen molar-refractivity contribution in [3.8, 4) is 0 Å². The highest BCUT2D eigenvalue weighted by molar-refractivity contribution is 5.86. The monoisotopic (exact) mass is 515 g/mol. The molecule has 6 unspecified atom stereocenters. The van der Waals surface area contributed by atoms with Gasteiger partial charge in [-0.2, -0.15) is 0 Å². The molecule has 1 heterocycles. The first kappa shape index (κ1) is 27.9. The van der Waals surface area contributed by atoms with E-state index < -0.39 is 53.9 Å². The summed E-state index contributed by atoms with van der Waals surface area (Å²) in [4.78, 5) is 32.4. The minimum atomic E-state index is -2.83. The summed E-state index contributed by atoms with van der Waals surface area (Å²) in [6.45, 7) is 2.21. The number of rotatable bonds is 9. The Balaban J connectivity index is 0.000000308. The van der Waals surface area contributed by atoms with E-state index in [4.69, 9.17) is 20.4 Å². The van der Waals surface area contributed by atoms with Crippen LogP contribution in [0.15, 0.2) is 30.3 Å². The molecule has 0 bridgehead atoms. The number of alkyl halides is 2. The summed E-state index contributed by atoms with van der Waals surface area (Å²) in [5, 5.41) is 53.1. The van der Waals surface area contributed by atoms with Gasteiger partial charge in [-0.25, -0.2) is 18.4 Å². The van der Waals surface area contributed by atoms with E-state index in [9.17, 15) is 28.3 Å². The van der Waals surface area contributed by atoms with Crippen molar-refractivity contribution in [2.24, 2.45) is 17.8 Å². The number of carboxylic acid groups (broad SMARTS) is 2. The van der Waals surface area contributed by atoms with Crippen LogP contribution in [0.5, 0.6) is 0 Å². The normalized spacial score (nSPS) is 29.0. The van der Waals surface area contributed by atoms with Crippen LogP contribution in [0.1, 0.15) is 24.8 Å². The largest absolute Gasteiger partial charge is 0.479 e. The van der Waals surface area contributed by atoms with Crippen LogP contribution < -0.4 is 16.0 Å². The van der Waals surface area contributed by atoms with Crippen LogP contribution in [-0.4, -0.2) is 87.3 Å². The number of aliphatic hydroxyl groups excluding tert-OH is 2. The van der Waals surface area contributed by atoms with E-state index in [0.29, 0.717) is 23.4 Å². The van der Waals surface area contributed by atoms with Crippen molar-refractivity contribution >= 4 is 17.8 Å². The number of halogens is 2. The Bertz CT molecular complexity index is 925. The summed E-state index contributed by atoms with van der Waals surface area (Å²) in [6.07, 6.45) is -5.18. The van der Waals surface area contributed by atoms with Crippen molar-refractivity contribution in [2.75, 3.05) is 19.8 Å². The number of carbonyl (C=O) groups is 3. The van der Waals surface area contributed by atoms with Gasteiger partial charge in [0, 0.05) is 24.8 Å². The maximum atomic E-state index is 13.7. The summed E-state index contributed by atoms with van der Waals surface area (Å²) in [5.74, 6) is -6.57. The maximum Gasteiger partial charge on any atom is 0.335 e. The molecule has 0 aromatic heterocycles. The van der Waals surface area contributed by atoms with Crippen LogP contribution in [0.4, 0.5) is 8.78 Å². The average molecular weight is 516 g/mol. The van der Waals surface area contributed by atoms with Gasteiger partial charge in [-0.3, -0.25) is 10.1 Å². The predicted molar refractivity (Wildman–Crippen MR) is 120 cm³/mol. The third kappa shape index (κ3) is 6.16. The van der Waals surface area contributed by atoms with Crippen molar-refractivity contribution in [1.29, 1.82) is 0 Å². The zero-order chi connectivity index (χ0) is 26.7. The van der Waals surface area contributed by atoms with Gasteiger partial charge in [0.1, 0.15) is 0 Å². The fourth-order valence-corrected chi connectivity index (χ4v) is 4.93. The Hall–Kier alpha value is -2.71. The number of benzene rings is 1. The molecule has 1 aromatic rings. The molecule has 36 heavy (non-hydrogen) atoms. The molecule has 1 saturated heterocycles. The van der Waals surface area contributed by atoms with Gasteiger partial charge >= 0.3 is 11.9 Å². The molecule has 4 rings (SSSR count). The lowest BCUT2D eigenvalue weighted by Gasteiger charge is -2.33. The zero-order valence-electron chi connectivity index (χ0n) is 19.3. The molecule has 1 aliphatic heterocycles. The number of piperidine rings is 1. The lowest BCUT2D eigenvalue weighted by molar-refractivity contribution is -0.165. The average Bonchev–Trinajstić information content (AvgIpc) is 3.15.